The fourth-order valence-electron chi connectivity index (χ4n) is 2.48. The minimum atomic E-state index is -0.667. The first kappa shape index (κ1) is 13.6. The molecule has 0 N–H and O–H groups in total. The van der Waals surface area contributed by atoms with Crippen molar-refractivity contribution in [2.45, 2.75) is 18.4 Å². The fraction of sp³-hybridized carbons (Fsp3) is 0.467. The Morgan fingerprint density at radius 1 is 1.32 bits per heavy atom. The van der Waals surface area contributed by atoms with Gasteiger partial charge in [0.15, 0.2) is 0 Å². The molecule has 2 rings (SSSR count). The van der Waals surface area contributed by atoms with E-state index in [1.807, 2.05) is 25.2 Å². The molecule has 0 aromatic heterocycles. The molecule has 1 aliphatic rings. The molecule has 0 aliphatic carbocycles. The number of carbonyl (C=O) groups is 1. The molecule has 1 saturated heterocycles. The molecule has 1 fully saturated rings. The van der Waals surface area contributed by atoms with Crippen molar-refractivity contribution in [2.24, 2.45) is 0 Å². The van der Waals surface area contributed by atoms with Crippen LogP contribution in [0.2, 0.25) is 0 Å². The Labute approximate surface area is 114 Å². The summed E-state index contributed by atoms with van der Waals surface area (Å²) in [4.78, 5) is 16.3. The van der Waals surface area contributed by atoms with Crippen molar-refractivity contribution in [3.05, 3.63) is 35.9 Å². The molecule has 1 aromatic carbocycles. The highest BCUT2D eigenvalue weighted by Gasteiger charge is 2.40. The lowest BCUT2D eigenvalue weighted by Crippen LogP contribution is -2.54. The second-order valence-corrected chi connectivity index (χ2v) is 5.18. The van der Waals surface area contributed by atoms with Crippen LogP contribution < -0.4 is 0 Å². The molecular formula is C15H19N3O. The number of likely N-dealkylation sites (tertiary alicyclic amines) is 1. The Bertz CT molecular complexity index is 484. The smallest absolute Gasteiger partial charge is 0.254 e. The van der Waals surface area contributed by atoms with Crippen molar-refractivity contribution in [1.29, 1.82) is 5.26 Å². The van der Waals surface area contributed by atoms with Gasteiger partial charge in [-0.05, 0) is 32.0 Å². The zero-order chi connectivity index (χ0) is 13.9. The zero-order valence-corrected chi connectivity index (χ0v) is 11.5. The lowest BCUT2D eigenvalue weighted by Gasteiger charge is -2.41. The molecule has 1 heterocycles. The highest BCUT2D eigenvalue weighted by atomic mass is 16.2. The average molecular weight is 257 g/mol. The summed E-state index contributed by atoms with van der Waals surface area (Å²) in [6.07, 6.45) is 1.41. The second kappa shape index (κ2) is 5.41. The minimum Gasteiger partial charge on any atom is -0.323 e. The van der Waals surface area contributed by atoms with Crippen LogP contribution in [0.15, 0.2) is 30.3 Å². The van der Waals surface area contributed by atoms with E-state index < -0.39 is 5.54 Å². The quantitative estimate of drug-likeness (QED) is 0.811. The van der Waals surface area contributed by atoms with Crippen LogP contribution in [-0.4, -0.2) is 48.4 Å². The van der Waals surface area contributed by atoms with E-state index in [9.17, 15) is 10.1 Å². The number of nitriles is 1. The predicted octanol–water partition coefficient (Wildman–Crippen LogP) is 1.75. The molecule has 0 bridgehead atoms. The molecule has 0 radical (unpaired) electrons. The van der Waals surface area contributed by atoms with Gasteiger partial charge < -0.3 is 9.80 Å². The molecule has 0 saturated carbocycles. The van der Waals surface area contributed by atoms with E-state index >= 15 is 0 Å². The fourth-order valence-corrected chi connectivity index (χ4v) is 2.48. The van der Waals surface area contributed by atoms with Gasteiger partial charge in [0.05, 0.1) is 6.07 Å². The summed E-state index contributed by atoms with van der Waals surface area (Å²) in [5, 5.41) is 9.53. The van der Waals surface area contributed by atoms with E-state index in [2.05, 4.69) is 11.0 Å². The van der Waals surface area contributed by atoms with Crippen molar-refractivity contribution in [3.63, 3.8) is 0 Å². The van der Waals surface area contributed by atoms with E-state index in [-0.39, 0.29) is 5.91 Å². The SMILES string of the molecule is CN1CCC(C#N)(N(C)C(=O)c2ccccc2)CC1. The van der Waals surface area contributed by atoms with E-state index in [1.54, 1.807) is 24.1 Å². The number of amides is 1. The van der Waals surface area contributed by atoms with Gasteiger partial charge in [-0.25, -0.2) is 0 Å². The third kappa shape index (κ3) is 2.61. The van der Waals surface area contributed by atoms with Gasteiger partial charge in [0, 0.05) is 25.7 Å². The average Bonchev–Trinajstić information content (AvgIpc) is 2.48. The first-order valence-electron chi connectivity index (χ1n) is 6.52. The molecule has 0 spiro atoms. The number of benzene rings is 1. The number of hydrogen-bond donors (Lipinski definition) is 0. The summed E-state index contributed by atoms with van der Waals surface area (Å²) in [5.41, 5.74) is -0.0297. The standard InChI is InChI=1S/C15H19N3O/c1-17-10-8-15(12-16,9-11-17)18(2)14(19)13-6-4-3-5-7-13/h3-7H,8-11H2,1-2H3. The number of nitrogens with zero attached hydrogens (tertiary/aromatic N) is 3. The minimum absolute atomic E-state index is 0.0771. The summed E-state index contributed by atoms with van der Waals surface area (Å²) in [5.74, 6) is -0.0771. The van der Waals surface area contributed by atoms with Crippen LogP contribution in [-0.2, 0) is 0 Å². The van der Waals surface area contributed by atoms with Crippen molar-refractivity contribution >= 4 is 5.91 Å². The van der Waals surface area contributed by atoms with E-state index in [0.717, 1.165) is 13.1 Å². The van der Waals surface area contributed by atoms with E-state index in [1.165, 1.54) is 0 Å². The van der Waals surface area contributed by atoms with Crippen LogP contribution in [0.3, 0.4) is 0 Å². The molecule has 1 amide bonds. The van der Waals surface area contributed by atoms with E-state index in [4.69, 9.17) is 0 Å². The van der Waals surface area contributed by atoms with Gasteiger partial charge in [-0.3, -0.25) is 4.79 Å². The Hall–Kier alpha value is -1.86. The maximum Gasteiger partial charge on any atom is 0.254 e. The molecule has 100 valence electrons. The van der Waals surface area contributed by atoms with Crippen LogP contribution in [0, 0.1) is 11.3 Å². The number of rotatable bonds is 2. The van der Waals surface area contributed by atoms with Gasteiger partial charge in [-0.2, -0.15) is 5.26 Å². The highest BCUT2D eigenvalue weighted by molar-refractivity contribution is 5.94. The van der Waals surface area contributed by atoms with Gasteiger partial charge in [0.2, 0.25) is 0 Å². The van der Waals surface area contributed by atoms with Crippen LogP contribution in [0.5, 0.6) is 0 Å². The van der Waals surface area contributed by atoms with Crippen LogP contribution >= 0.6 is 0 Å². The molecule has 4 nitrogen and oxygen atoms in total. The monoisotopic (exact) mass is 257 g/mol. The molecular weight excluding hydrogens is 238 g/mol. The van der Waals surface area contributed by atoms with Crippen molar-refractivity contribution in [3.8, 4) is 6.07 Å². The Morgan fingerprint density at radius 3 is 2.42 bits per heavy atom. The number of hydrogen-bond acceptors (Lipinski definition) is 3. The summed E-state index contributed by atoms with van der Waals surface area (Å²) in [6.45, 7) is 1.69. The Morgan fingerprint density at radius 2 is 1.89 bits per heavy atom. The topological polar surface area (TPSA) is 47.3 Å². The van der Waals surface area contributed by atoms with Gasteiger partial charge in [-0.1, -0.05) is 18.2 Å². The lowest BCUT2D eigenvalue weighted by molar-refractivity contribution is 0.0521. The highest BCUT2D eigenvalue weighted by Crippen LogP contribution is 2.28. The molecule has 4 heteroatoms. The number of carbonyl (C=O) groups excluding carboxylic acids is 1. The van der Waals surface area contributed by atoms with Crippen LogP contribution in [0.4, 0.5) is 0 Å². The third-order valence-electron chi connectivity index (χ3n) is 3.99. The molecule has 1 aromatic rings. The Kier molecular flexibility index (Phi) is 3.87. The van der Waals surface area contributed by atoms with Gasteiger partial charge >= 0.3 is 0 Å². The number of piperidine rings is 1. The van der Waals surface area contributed by atoms with Crippen molar-refractivity contribution in [1.82, 2.24) is 9.80 Å². The maximum atomic E-state index is 12.5. The predicted molar refractivity (Wildman–Crippen MR) is 73.6 cm³/mol. The maximum absolute atomic E-state index is 12.5. The third-order valence-corrected chi connectivity index (χ3v) is 3.99. The summed E-state index contributed by atoms with van der Waals surface area (Å²) < 4.78 is 0. The normalized spacial score (nSPS) is 18.6. The molecule has 19 heavy (non-hydrogen) atoms. The Balaban J connectivity index is 2.20. The first-order chi connectivity index (χ1) is 9.09. The lowest BCUT2D eigenvalue weighted by atomic mass is 9.87. The molecule has 0 atom stereocenters. The first-order valence-corrected chi connectivity index (χ1v) is 6.52. The largest absolute Gasteiger partial charge is 0.323 e. The summed E-state index contributed by atoms with van der Waals surface area (Å²) in [7, 11) is 3.78. The van der Waals surface area contributed by atoms with Gasteiger partial charge in [0.25, 0.3) is 5.91 Å². The van der Waals surface area contributed by atoms with Crippen molar-refractivity contribution in [2.75, 3.05) is 27.2 Å². The molecule has 0 unspecified atom stereocenters. The van der Waals surface area contributed by atoms with Crippen LogP contribution in [0.25, 0.3) is 0 Å². The van der Waals surface area contributed by atoms with Gasteiger partial charge in [-0.15, -0.1) is 0 Å². The summed E-state index contributed by atoms with van der Waals surface area (Å²) >= 11 is 0. The van der Waals surface area contributed by atoms with Crippen molar-refractivity contribution < 1.29 is 4.79 Å². The van der Waals surface area contributed by atoms with Gasteiger partial charge in [0.1, 0.15) is 5.54 Å². The summed E-state index contributed by atoms with van der Waals surface area (Å²) in [6, 6.07) is 11.5. The van der Waals surface area contributed by atoms with E-state index in [0.29, 0.717) is 18.4 Å². The zero-order valence-electron chi connectivity index (χ0n) is 11.5. The second-order valence-electron chi connectivity index (χ2n) is 5.18. The van der Waals surface area contributed by atoms with Crippen LogP contribution in [0.1, 0.15) is 23.2 Å². The molecule has 1 aliphatic heterocycles.